The first-order valence-electron chi connectivity index (χ1n) is 6.88. The van der Waals surface area contributed by atoms with Crippen LogP contribution in [0.15, 0.2) is 42.5 Å². The highest BCUT2D eigenvalue weighted by atomic mass is 16.4. The number of aromatic carboxylic acids is 1. The molecule has 2 aromatic carbocycles. The molecule has 2 rings (SSSR count). The first-order valence-corrected chi connectivity index (χ1v) is 6.88. The van der Waals surface area contributed by atoms with Gasteiger partial charge in [0.25, 0.3) is 0 Å². The lowest BCUT2D eigenvalue weighted by molar-refractivity contribution is 0.0696. The van der Waals surface area contributed by atoms with E-state index in [1.165, 1.54) is 0 Å². The molecule has 2 N–H and O–H groups in total. The fourth-order valence-electron chi connectivity index (χ4n) is 2.33. The molecule has 0 amide bonds. The maximum absolute atomic E-state index is 11.0. The van der Waals surface area contributed by atoms with Crippen LogP contribution in [0.3, 0.4) is 0 Å². The predicted octanol–water partition coefficient (Wildman–Crippen LogP) is 3.43. The molecule has 0 saturated carbocycles. The molecule has 0 heterocycles. The highest BCUT2D eigenvalue weighted by Gasteiger charge is 2.10. The number of phenols is 1. The van der Waals surface area contributed by atoms with Gasteiger partial charge in [-0.15, -0.1) is 0 Å². The van der Waals surface area contributed by atoms with Crippen LogP contribution >= 0.6 is 0 Å². The number of carboxylic acid groups (broad SMARTS) is 1. The van der Waals surface area contributed by atoms with Crippen LogP contribution in [-0.2, 0) is 6.54 Å². The first kappa shape index (κ1) is 14.9. The lowest BCUT2D eigenvalue weighted by Crippen LogP contribution is -2.23. The second kappa shape index (κ2) is 6.31. The van der Waals surface area contributed by atoms with Gasteiger partial charge in [0, 0.05) is 24.8 Å². The fraction of sp³-hybridized carbons (Fsp3) is 0.235. The molecule has 0 spiro atoms. The maximum atomic E-state index is 11.0. The number of nitrogens with zero attached hydrogens (tertiary/aromatic N) is 1. The molecule has 21 heavy (non-hydrogen) atoms. The van der Waals surface area contributed by atoms with Crippen LogP contribution in [0.1, 0.15) is 28.4 Å². The molecule has 0 aliphatic heterocycles. The molecule has 0 aromatic heterocycles. The van der Waals surface area contributed by atoms with Crippen molar-refractivity contribution in [3.63, 3.8) is 0 Å². The topological polar surface area (TPSA) is 60.8 Å². The zero-order valence-electron chi connectivity index (χ0n) is 12.2. The Bertz CT molecular complexity index is 652. The average molecular weight is 285 g/mol. The van der Waals surface area contributed by atoms with Crippen molar-refractivity contribution < 1.29 is 15.0 Å². The van der Waals surface area contributed by atoms with E-state index in [9.17, 15) is 9.90 Å². The average Bonchev–Trinajstić information content (AvgIpc) is 2.47. The van der Waals surface area contributed by atoms with E-state index in [1.807, 2.05) is 26.0 Å². The molecule has 0 saturated heterocycles. The quantitative estimate of drug-likeness (QED) is 0.883. The molecule has 0 radical (unpaired) electrons. The molecule has 0 aliphatic carbocycles. The van der Waals surface area contributed by atoms with Gasteiger partial charge in [-0.1, -0.05) is 18.2 Å². The number of hydrogen-bond acceptors (Lipinski definition) is 3. The van der Waals surface area contributed by atoms with Gasteiger partial charge in [-0.3, -0.25) is 0 Å². The van der Waals surface area contributed by atoms with Crippen LogP contribution in [0.4, 0.5) is 5.69 Å². The molecule has 0 fully saturated rings. The zero-order chi connectivity index (χ0) is 15.4. The molecule has 0 atom stereocenters. The van der Waals surface area contributed by atoms with E-state index in [4.69, 9.17) is 5.11 Å². The third-order valence-electron chi connectivity index (χ3n) is 3.46. The minimum Gasteiger partial charge on any atom is -0.508 e. The SMILES string of the molecule is CCN(Cc1cccc(C(=O)O)c1)c1cc(O)ccc1C. The minimum atomic E-state index is -0.923. The number of phenolic OH excluding ortho intramolecular Hbond substituents is 1. The Morgan fingerprint density at radius 2 is 1.95 bits per heavy atom. The summed E-state index contributed by atoms with van der Waals surface area (Å²) in [4.78, 5) is 13.1. The Balaban J connectivity index is 2.29. The number of hydrogen-bond donors (Lipinski definition) is 2. The summed E-state index contributed by atoms with van der Waals surface area (Å²) in [5.74, 6) is -0.693. The molecule has 0 bridgehead atoms. The molecular weight excluding hydrogens is 266 g/mol. The molecule has 4 heteroatoms. The summed E-state index contributed by atoms with van der Waals surface area (Å²) in [5.41, 5.74) is 3.25. The molecule has 2 aromatic rings. The van der Waals surface area contributed by atoms with E-state index in [-0.39, 0.29) is 11.3 Å². The Morgan fingerprint density at radius 3 is 2.62 bits per heavy atom. The van der Waals surface area contributed by atoms with Crippen LogP contribution in [-0.4, -0.2) is 22.7 Å². The number of carbonyl (C=O) groups is 1. The number of aryl methyl sites for hydroxylation is 1. The van der Waals surface area contributed by atoms with Crippen molar-refractivity contribution in [3.05, 3.63) is 59.2 Å². The van der Waals surface area contributed by atoms with Crippen molar-refractivity contribution in [1.82, 2.24) is 0 Å². The van der Waals surface area contributed by atoms with Crippen molar-refractivity contribution in [2.75, 3.05) is 11.4 Å². The van der Waals surface area contributed by atoms with Gasteiger partial charge < -0.3 is 15.1 Å². The van der Waals surface area contributed by atoms with Crippen LogP contribution in [0.5, 0.6) is 5.75 Å². The first-order chi connectivity index (χ1) is 10.0. The van der Waals surface area contributed by atoms with Gasteiger partial charge >= 0.3 is 5.97 Å². The van der Waals surface area contributed by atoms with Gasteiger partial charge in [0.15, 0.2) is 0 Å². The Kier molecular flexibility index (Phi) is 4.48. The minimum absolute atomic E-state index is 0.230. The van der Waals surface area contributed by atoms with Gasteiger partial charge in [-0.2, -0.15) is 0 Å². The number of carboxylic acids is 1. The standard InChI is InChI=1S/C17H19NO3/c1-3-18(16-10-15(19)8-7-12(16)2)11-13-5-4-6-14(9-13)17(20)21/h4-10,19H,3,11H2,1-2H3,(H,20,21). The van der Waals surface area contributed by atoms with Gasteiger partial charge in [-0.25, -0.2) is 4.79 Å². The summed E-state index contributed by atoms with van der Waals surface area (Å²) in [6, 6.07) is 12.2. The van der Waals surface area contributed by atoms with Crippen molar-refractivity contribution in [2.24, 2.45) is 0 Å². The van der Waals surface area contributed by atoms with Crippen molar-refractivity contribution in [3.8, 4) is 5.75 Å². The highest BCUT2D eigenvalue weighted by molar-refractivity contribution is 5.87. The van der Waals surface area contributed by atoms with Crippen molar-refractivity contribution in [2.45, 2.75) is 20.4 Å². The molecule has 0 unspecified atom stereocenters. The lowest BCUT2D eigenvalue weighted by Gasteiger charge is -2.25. The smallest absolute Gasteiger partial charge is 0.335 e. The monoisotopic (exact) mass is 285 g/mol. The zero-order valence-corrected chi connectivity index (χ0v) is 12.2. The second-order valence-corrected chi connectivity index (χ2v) is 4.99. The predicted molar refractivity (Wildman–Crippen MR) is 83.0 cm³/mol. The number of aromatic hydroxyl groups is 1. The second-order valence-electron chi connectivity index (χ2n) is 4.99. The summed E-state index contributed by atoms with van der Waals surface area (Å²) in [6.45, 7) is 5.39. The van der Waals surface area contributed by atoms with E-state index in [0.29, 0.717) is 6.54 Å². The summed E-state index contributed by atoms with van der Waals surface area (Å²) < 4.78 is 0. The Hall–Kier alpha value is -2.49. The fourth-order valence-corrected chi connectivity index (χ4v) is 2.33. The van der Waals surface area contributed by atoms with E-state index >= 15 is 0 Å². The van der Waals surface area contributed by atoms with Gasteiger partial charge in [0.05, 0.1) is 5.56 Å². The van der Waals surface area contributed by atoms with Crippen LogP contribution in [0.25, 0.3) is 0 Å². The van der Waals surface area contributed by atoms with Gasteiger partial charge in [0.1, 0.15) is 5.75 Å². The van der Waals surface area contributed by atoms with Crippen LogP contribution < -0.4 is 4.90 Å². The van der Waals surface area contributed by atoms with Gasteiger partial charge in [-0.05, 0) is 43.2 Å². The van der Waals surface area contributed by atoms with Crippen LogP contribution in [0.2, 0.25) is 0 Å². The lowest BCUT2D eigenvalue weighted by atomic mass is 10.1. The summed E-state index contributed by atoms with van der Waals surface area (Å²) in [7, 11) is 0. The summed E-state index contributed by atoms with van der Waals surface area (Å²) in [5, 5.41) is 18.7. The van der Waals surface area contributed by atoms with E-state index in [0.717, 1.165) is 23.4 Å². The molecule has 0 aliphatic rings. The highest BCUT2D eigenvalue weighted by Crippen LogP contribution is 2.26. The molecular formula is C17H19NO3. The molecule has 4 nitrogen and oxygen atoms in total. The third kappa shape index (κ3) is 3.54. The Labute approximate surface area is 124 Å². The summed E-state index contributed by atoms with van der Waals surface area (Å²) >= 11 is 0. The number of benzene rings is 2. The van der Waals surface area contributed by atoms with Crippen molar-refractivity contribution >= 4 is 11.7 Å². The van der Waals surface area contributed by atoms with E-state index < -0.39 is 5.97 Å². The number of rotatable bonds is 5. The maximum Gasteiger partial charge on any atom is 0.335 e. The summed E-state index contributed by atoms with van der Waals surface area (Å²) in [6.07, 6.45) is 0. The van der Waals surface area contributed by atoms with E-state index in [1.54, 1.807) is 30.3 Å². The number of anilines is 1. The van der Waals surface area contributed by atoms with Crippen LogP contribution in [0, 0.1) is 6.92 Å². The third-order valence-corrected chi connectivity index (χ3v) is 3.46. The molecule has 110 valence electrons. The van der Waals surface area contributed by atoms with Crippen molar-refractivity contribution in [1.29, 1.82) is 0 Å². The normalized spacial score (nSPS) is 10.4. The Morgan fingerprint density at radius 1 is 1.19 bits per heavy atom. The van der Waals surface area contributed by atoms with Gasteiger partial charge in [0.2, 0.25) is 0 Å². The largest absolute Gasteiger partial charge is 0.508 e. The van der Waals surface area contributed by atoms with E-state index in [2.05, 4.69) is 4.90 Å².